The van der Waals surface area contributed by atoms with E-state index in [4.69, 9.17) is 11.0 Å². The first-order valence-corrected chi connectivity index (χ1v) is 16.3. The fourth-order valence-electron chi connectivity index (χ4n) is 5.69. The SMILES string of the molecule is [C-]#[N+]c1cccc(N(c2ccccc2)c2ccc3oc4cc(OS(=O)(=O)C(F)(F)F)cc(N(c5ccccc5)c5ccccc5)c4c3c2)c1. The topological polar surface area (TPSA) is 67.4 Å². The molecule has 0 N–H and O–H groups in total. The monoisotopic (exact) mass is 675 g/mol. The third-order valence-corrected chi connectivity index (χ3v) is 8.73. The maximum absolute atomic E-state index is 13.5. The molecule has 1 heterocycles. The average molecular weight is 676 g/mol. The fraction of sp³-hybridized carbons (Fsp3) is 0.0263. The zero-order valence-electron chi connectivity index (χ0n) is 25.4. The number of furan rings is 1. The summed E-state index contributed by atoms with van der Waals surface area (Å²) in [5.74, 6) is -0.571. The van der Waals surface area contributed by atoms with Crippen LogP contribution < -0.4 is 14.0 Å². The molecular weight excluding hydrogens is 651 g/mol. The van der Waals surface area contributed by atoms with Crippen LogP contribution in [0.25, 0.3) is 26.8 Å². The van der Waals surface area contributed by atoms with Crippen LogP contribution in [0, 0.1) is 6.57 Å². The van der Waals surface area contributed by atoms with Gasteiger partial charge in [-0.25, -0.2) is 4.85 Å². The van der Waals surface area contributed by atoms with Gasteiger partial charge in [0.1, 0.15) is 16.9 Å². The number of rotatable bonds is 8. The van der Waals surface area contributed by atoms with Gasteiger partial charge in [-0.15, -0.1) is 0 Å². The molecule has 0 aliphatic heterocycles. The molecule has 0 saturated carbocycles. The van der Waals surface area contributed by atoms with Crippen molar-refractivity contribution >= 4 is 71.9 Å². The van der Waals surface area contributed by atoms with E-state index in [9.17, 15) is 21.6 Å². The van der Waals surface area contributed by atoms with Crippen molar-refractivity contribution < 1.29 is 30.2 Å². The predicted octanol–water partition coefficient (Wildman–Crippen LogP) is 11.3. The lowest BCUT2D eigenvalue weighted by molar-refractivity contribution is -0.0500. The first-order valence-electron chi connectivity index (χ1n) is 14.9. The Kier molecular flexibility index (Phi) is 7.94. The van der Waals surface area contributed by atoms with Crippen molar-refractivity contribution in [2.75, 3.05) is 9.80 Å². The largest absolute Gasteiger partial charge is 0.534 e. The molecule has 11 heteroatoms. The van der Waals surface area contributed by atoms with Gasteiger partial charge < -0.3 is 18.4 Å². The van der Waals surface area contributed by atoms with Gasteiger partial charge in [0, 0.05) is 46.0 Å². The quantitative estimate of drug-likeness (QED) is 0.0907. The van der Waals surface area contributed by atoms with Crippen molar-refractivity contribution in [3.8, 4) is 5.75 Å². The molecule has 7 aromatic rings. The minimum absolute atomic E-state index is 0.107. The number of anilines is 6. The standard InChI is InChI=1S/C38H24F3N3O4S/c1-42-26-12-11-19-30(22-26)43(27-13-5-2-6-14-27)31-20-21-35-33(23-31)37-34(24-32(25-36(37)47-35)48-49(45,46)38(39,40)41)44(28-15-7-3-8-16-28)29-17-9-4-10-18-29/h2-25H. The van der Waals surface area contributed by atoms with E-state index in [1.807, 2.05) is 114 Å². The number of alkyl halides is 3. The van der Waals surface area contributed by atoms with Crippen LogP contribution in [-0.2, 0) is 10.1 Å². The highest BCUT2D eigenvalue weighted by Crippen LogP contribution is 2.47. The number of halogens is 3. The van der Waals surface area contributed by atoms with E-state index in [0.29, 0.717) is 44.8 Å². The van der Waals surface area contributed by atoms with Crippen LogP contribution in [0.2, 0.25) is 0 Å². The highest BCUT2D eigenvalue weighted by molar-refractivity contribution is 7.88. The molecule has 49 heavy (non-hydrogen) atoms. The molecular formula is C38H24F3N3O4S. The molecule has 0 aliphatic rings. The van der Waals surface area contributed by atoms with Crippen LogP contribution >= 0.6 is 0 Å². The van der Waals surface area contributed by atoms with Crippen molar-refractivity contribution in [3.05, 3.63) is 157 Å². The lowest BCUT2D eigenvalue weighted by atomic mass is 10.1. The molecule has 0 radical (unpaired) electrons. The fourth-order valence-corrected chi connectivity index (χ4v) is 6.14. The van der Waals surface area contributed by atoms with Crippen molar-refractivity contribution in [3.63, 3.8) is 0 Å². The van der Waals surface area contributed by atoms with Gasteiger partial charge >= 0.3 is 15.6 Å². The van der Waals surface area contributed by atoms with E-state index in [1.54, 1.807) is 29.2 Å². The Labute approximate surface area is 279 Å². The van der Waals surface area contributed by atoms with Crippen molar-refractivity contribution in [1.82, 2.24) is 0 Å². The lowest BCUT2D eigenvalue weighted by Crippen LogP contribution is -2.28. The van der Waals surface area contributed by atoms with Crippen LogP contribution in [0.15, 0.2) is 150 Å². The number of nitrogens with zero attached hydrogens (tertiary/aromatic N) is 3. The third kappa shape index (κ3) is 6.01. The summed E-state index contributed by atoms with van der Waals surface area (Å²) in [6.07, 6.45) is 0. The second-order valence-electron chi connectivity index (χ2n) is 10.9. The summed E-state index contributed by atoms with van der Waals surface area (Å²) in [6, 6.07) is 42.9. The normalized spacial score (nSPS) is 11.7. The maximum Gasteiger partial charge on any atom is 0.534 e. The zero-order chi connectivity index (χ0) is 34.2. The molecule has 0 unspecified atom stereocenters. The first kappa shape index (κ1) is 31.4. The van der Waals surface area contributed by atoms with Crippen LogP contribution in [-0.4, -0.2) is 13.9 Å². The molecule has 6 aromatic carbocycles. The van der Waals surface area contributed by atoms with E-state index >= 15 is 0 Å². The van der Waals surface area contributed by atoms with E-state index in [0.717, 1.165) is 17.4 Å². The van der Waals surface area contributed by atoms with Crippen molar-refractivity contribution in [1.29, 1.82) is 0 Å². The van der Waals surface area contributed by atoms with Crippen molar-refractivity contribution in [2.45, 2.75) is 5.51 Å². The molecule has 0 amide bonds. The Hall–Kier alpha value is -6.25. The van der Waals surface area contributed by atoms with Crippen LogP contribution in [0.4, 0.5) is 53.0 Å². The average Bonchev–Trinajstić information content (AvgIpc) is 3.47. The maximum atomic E-state index is 13.5. The second kappa shape index (κ2) is 12.4. The number of benzene rings is 6. The van der Waals surface area contributed by atoms with Crippen LogP contribution in [0.1, 0.15) is 0 Å². The number of hydrogen-bond donors (Lipinski definition) is 0. The van der Waals surface area contributed by atoms with Gasteiger partial charge in [0.05, 0.1) is 17.6 Å². The van der Waals surface area contributed by atoms with E-state index in [1.165, 1.54) is 6.07 Å². The molecule has 0 saturated heterocycles. The zero-order valence-corrected chi connectivity index (χ0v) is 26.2. The molecule has 7 nitrogen and oxygen atoms in total. The Balaban J connectivity index is 1.52. The summed E-state index contributed by atoms with van der Waals surface area (Å²) in [6.45, 7) is 7.56. The van der Waals surface area contributed by atoms with Crippen LogP contribution in [0.5, 0.6) is 5.75 Å². The Morgan fingerprint density at radius 3 is 1.73 bits per heavy atom. The summed E-state index contributed by atoms with van der Waals surface area (Å²) in [5.41, 5.74) is -0.797. The highest BCUT2D eigenvalue weighted by Gasteiger charge is 2.48. The first-order chi connectivity index (χ1) is 23.6. The molecule has 0 aliphatic carbocycles. The second-order valence-corrected chi connectivity index (χ2v) is 12.4. The summed E-state index contributed by atoms with van der Waals surface area (Å²) < 4.78 is 75.6. The molecule has 0 bridgehead atoms. The highest BCUT2D eigenvalue weighted by atomic mass is 32.2. The molecule has 7 rings (SSSR count). The summed E-state index contributed by atoms with van der Waals surface area (Å²) in [4.78, 5) is 7.37. The number of fused-ring (bicyclic) bond motifs is 3. The number of hydrogen-bond acceptors (Lipinski definition) is 6. The summed E-state index contributed by atoms with van der Waals surface area (Å²) in [5, 5.41) is 1.11. The minimum atomic E-state index is -5.99. The molecule has 0 spiro atoms. The Bertz CT molecular complexity index is 2410. The van der Waals surface area contributed by atoms with Gasteiger partial charge in [0.2, 0.25) is 0 Å². The molecule has 1 aromatic heterocycles. The molecule has 242 valence electrons. The molecule has 0 atom stereocenters. The Morgan fingerprint density at radius 2 is 1.16 bits per heavy atom. The van der Waals surface area contributed by atoms with E-state index < -0.39 is 21.4 Å². The van der Waals surface area contributed by atoms with Crippen molar-refractivity contribution in [2.24, 2.45) is 0 Å². The smallest absolute Gasteiger partial charge is 0.456 e. The van der Waals surface area contributed by atoms with E-state index in [-0.39, 0.29) is 5.58 Å². The van der Waals surface area contributed by atoms with Gasteiger partial charge in [-0.1, -0.05) is 66.7 Å². The predicted molar refractivity (Wildman–Crippen MR) is 185 cm³/mol. The van der Waals surface area contributed by atoms with E-state index in [2.05, 4.69) is 9.03 Å². The Morgan fingerprint density at radius 1 is 0.612 bits per heavy atom. The van der Waals surface area contributed by atoms with Gasteiger partial charge in [-0.05, 0) is 66.7 Å². The van der Waals surface area contributed by atoms with Gasteiger partial charge in [0.15, 0.2) is 5.69 Å². The third-order valence-electron chi connectivity index (χ3n) is 7.76. The molecule has 0 fully saturated rings. The summed E-state index contributed by atoms with van der Waals surface area (Å²) >= 11 is 0. The minimum Gasteiger partial charge on any atom is -0.456 e. The summed E-state index contributed by atoms with van der Waals surface area (Å²) in [7, 11) is -5.99. The van der Waals surface area contributed by atoms with Gasteiger partial charge in [-0.3, -0.25) is 0 Å². The lowest BCUT2D eigenvalue weighted by Gasteiger charge is -2.27. The van der Waals surface area contributed by atoms with Crippen LogP contribution in [0.3, 0.4) is 0 Å². The van der Waals surface area contributed by atoms with Gasteiger partial charge in [-0.2, -0.15) is 21.6 Å². The van der Waals surface area contributed by atoms with Gasteiger partial charge in [0.25, 0.3) is 0 Å². The number of para-hydroxylation sites is 3.